The molecule has 0 aliphatic carbocycles. The van der Waals surface area contributed by atoms with E-state index in [-0.39, 0.29) is 18.5 Å². The molecule has 5 nitrogen and oxygen atoms in total. The Morgan fingerprint density at radius 1 is 1.47 bits per heavy atom. The van der Waals surface area contributed by atoms with Gasteiger partial charge in [0.2, 0.25) is 0 Å². The molecule has 0 fully saturated rings. The summed E-state index contributed by atoms with van der Waals surface area (Å²) in [5.74, 6) is -1.40. The van der Waals surface area contributed by atoms with E-state index >= 15 is 0 Å². The van der Waals surface area contributed by atoms with Crippen molar-refractivity contribution in [2.45, 2.75) is 26.3 Å². The zero-order valence-electron chi connectivity index (χ0n) is 10.9. The van der Waals surface area contributed by atoms with Crippen LogP contribution in [0.25, 0.3) is 0 Å². The Kier molecular flexibility index (Phi) is 5.35. The highest BCUT2D eigenvalue weighted by Crippen LogP contribution is 2.21. The number of benzene rings is 1. The number of nitrogens with zero attached hydrogens (tertiary/aromatic N) is 1. The lowest BCUT2D eigenvalue weighted by atomic mass is 10.1. The van der Waals surface area contributed by atoms with Gasteiger partial charge >= 0.3 is 5.97 Å². The fraction of sp³-hybridized carbons (Fsp3) is 0.385. The number of carbonyl (C=O) groups excluding carboxylic acids is 1. The van der Waals surface area contributed by atoms with Crippen LogP contribution in [0.2, 0.25) is 0 Å². The van der Waals surface area contributed by atoms with Crippen molar-refractivity contribution in [1.82, 2.24) is 4.90 Å². The lowest BCUT2D eigenvalue weighted by molar-refractivity contribution is -0.138. The third-order valence-corrected chi connectivity index (χ3v) is 3.43. The van der Waals surface area contributed by atoms with E-state index in [2.05, 4.69) is 15.9 Å². The Hall–Kier alpha value is -1.56. The molecular formula is C13H17BrN2O3. The van der Waals surface area contributed by atoms with Crippen molar-refractivity contribution in [1.29, 1.82) is 0 Å². The van der Waals surface area contributed by atoms with E-state index < -0.39 is 5.97 Å². The average molecular weight is 329 g/mol. The maximum Gasteiger partial charge on any atom is 0.323 e. The molecule has 0 heterocycles. The van der Waals surface area contributed by atoms with Crippen molar-refractivity contribution in [3.63, 3.8) is 0 Å². The fourth-order valence-corrected chi connectivity index (χ4v) is 2.06. The van der Waals surface area contributed by atoms with Gasteiger partial charge in [-0.3, -0.25) is 9.59 Å². The average Bonchev–Trinajstić information content (AvgIpc) is 2.34. The maximum absolute atomic E-state index is 12.4. The second-order valence-corrected chi connectivity index (χ2v) is 5.23. The number of nitrogens with two attached hydrogens (primary N) is 1. The van der Waals surface area contributed by atoms with Crippen LogP contribution in [0.15, 0.2) is 22.7 Å². The van der Waals surface area contributed by atoms with Crippen molar-refractivity contribution in [2.24, 2.45) is 0 Å². The minimum atomic E-state index is -1.04. The van der Waals surface area contributed by atoms with Gasteiger partial charge in [0.25, 0.3) is 5.91 Å². The van der Waals surface area contributed by atoms with Crippen LogP contribution in [0.3, 0.4) is 0 Å². The summed E-state index contributed by atoms with van der Waals surface area (Å²) in [5, 5.41) is 8.90. The first-order chi connectivity index (χ1) is 8.86. The van der Waals surface area contributed by atoms with Crippen molar-refractivity contribution in [3.05, 3.63) is 28.2 Å². The van der Waals surface area contributed by atoms with Crippen LogP contribution in [0.4, 0.5) is 5.69 Å². The SMILES string of the molecule is CCC(C)N(CC(=O)O)C(=O)c1ccc(Br)cc1N. The Balaban J connectivity index is 3.08. The largest absolute Gasteiger partial charge is 0.480 e. The molecule has 0 aliphatic heterocycles. The Bertz CT molecular complexity index is 491. The van der Waals surface area contributed by atoms with Crippen LogP contribution in [0.5, 0.6) is 0 Å². The molecule has 0 saturated heterocycles. The van der Waals surface area contributed by atoms with Crippen LogP contribution in [-0.2, 0) is 4.79 Å². The minimum absolute atomic E-state index is 0.161. The lowest BCUT2D eigenvalue weighted by Crippen LogP contribution is -2.42. The first-order valence-corrected chi connectivity index (χ1v) is 6.73. The highest BCUT2D eigenvalue weighted by atomic mass is 79.9. The van der Waals surface area contributed by atoms with Gasteiger partial charge < -0.3 is 15.7 Å². The van der Waals surface area contributed by atoms with E-state index in [1.807, 2.05) is 13.8 Å². The second-order valence-electron chi connectivity index (χ2n) is 4.32. The van der Waals surface area contributed by atoms with Crippen LogP contribution in [0, 0.1) is 0 Å². The van der Waals surface area contributed by atoms with Gasteiger partial charge in [0, 0.05) is 16.2 Å². The predicted molar refractivity (Wildman–Crippen MR) is 77.0 cm³/mol. The van der Waals surface area contributed by atoms with Crippen molar-refractivity contribution in [3.8, 4) is 0 Å². The normalized spacial score (nSPS) is 11.9. The number of aliphatic carboxylic acids is 1. The monoisotopic (exact) mass is 328 g/mol. The zero-order valence-corrected chi connectivity index (χ0v) is 12.5. The van der Waals surface area contributed by atoms with Crippen molar-refractivity contribution < 1.29 is 14.7 Å². The lowest BCUT2D eigenvalue weighted by Gasteiger charge is -2.27. The number of halogens is 1. The molecule has 0 spiro atoms. The molecule has 1 unspecified atom stereocenters. The number of amides is 1. The molecule has 0 radical (unpaired) electrons. The molecule has 0 bridgehead atoms. The van der Waals surface area contributed by atoms with Crippen molar-refractivity contribution >= 4 is 33.5 Å². The van der Waals surface area contributed by atoms with Crippen LogP contribution < -0.4 is 5.73 Å². The molecule has 0 saturated carbocycles. The molecule has 1 amide bonds. The van der Waals surface area contributed by atoms with Gasteiger partial charge in [-0.15, -0.1) is 0 Å². The van der Waals surface area contributed by atoms with Gasteiger partial charge in [0.1, 0.15) is 6.54 Å². The summed E-state index contributed by atoms with van der Waals surface area (Å²) in [5.41, 5.74) is 6.46. The van der Waals surface area contributed by atoms with E-state index in [4.69, 9.17) is 10.8 Å². The van der Waals surface area contributed by atoms with E-state index in [1.165, 1.54) is 4.90 Å². The highest BCUT2D eigenvalue weighted by Gasteiger charge is 2.24. The van der Waals surface area contributed by atoms with Crippen LogP contribution in [-0.4, -0.2) is 34.5 Å². The number of rotatable bonds is 5. The van der Waals surface area contributed by atoms with Gasteiger partial charge in [-0.1, -0.05) is 22.9 Å². The smallest absolute Gasteiger partial charge is 0.323 e. The van der Waals surface area contributed by atoms with Crippen LogP contribution in [0.1, 0.15) is 30.6 Å². The number of carboxylic acid groups (broad SMARTS) is 1. The van der Waals surface area contributed by atoms with Gasteiger partial charge in [-0.05, 0) is 31.5 Å². The van der Waals surface area contributed by atoms with E-state index in [1.54, 1.807) is 18.2 Å². The Morgan fingerprint density at radius 2 is 2.11 bits per heavy atom. The molecular weight excluding hydrogens is 312 g/mol. The summed E-state index contributed by atoms with van der Waals surface area (Å²) in [6.07, 6.45) is 0.676. The second kappa shape index (κ2) is 6.56. The summed E-state index contributed by atoms with van der Waals surface area (Å²) in [6.45, 7) is 3.39. The van der Waals surface area contributed by atoms with Gasteiger partial charge in [0.15, 0.2) is 0 Å². The number of hydrogen-bond acceptors (Lipinski definition) is 3. The molecule has 3 N–H and O–H groups in total. The third-order valence-electron chi connectivity index (χ3n) is 2.93. The van der Waals surface area contributed by atoms with Crippen LogP contribution >= 0.6 is 15.9 Å². The summed E-state index contributed by atoms with van der Waals surface area (Å²) >= 11 is 3.27. The third kappa shape index (κ3) is 3.96. The molecule has 19 heavy (non-hydrogen) atoms. The Labute approximate surface area is 120 Å². The zero-order chi connectivity index (χ0) is 14.6. The summed E-state index contributed by atoms with van der Waals surface area (Å²) < 4.78 is 0.773. The fourth-order valence-electron chi connectivity index (χ4n) is 1.68. The standard InChI is InChI=1S/C13H17BrN2O3/c1-3-8(2)16(7-12(17)18)13(19)10-5-4-9(14)6-11(10)15/h4-6,8H,3,7,15H2,1-2H3,(H,17,18). The quantitative estimate of drug-likeness (QED) is 0.812. The summed E-state index contributed by atoms with van der Waals surface area (Å²) in [4.78, 5) is 24.6. The summed E-state index contributed by atoms with van der Waals surface area (Å²) in [6, 6.07) is 4.77. The molecule has 1 aromatic rings. The molecule has 1 rings (SSSR count). The minimum Gasteiger partial charge on any atom is -0.480 e. The molecule has 0 aromatic heterocycles. The first-order valence-electron chi connectivity index (χ1n) is 5.94. The van der Waals surface area contributed by atoms with E-state index in [0.717, 1.165) is 4.47 Å². The highest BCUT2D eigenvalue weighted by molar-refractivity contribution is 9.10. The van der Waals surface area contributed by atoms with E-state index in [9.17, 15) is 9.59 Å². The predicted octanol–water partition coefficient (Wildman–Crippen LogP) is 2.36. The molecule has 1 aromatic carbocycles. The Morgan fingerprint density at radius 3 is 2.58 bits per heavy atom. The molecule has 6 heteroatoms. The van der Waals surface area contributed by atoms with Crippen molar-refractivity contribution in [2.75, 3.05) is 12.3 Å². The summed E-state index contributed by atoms with van der Waals surface area (Å²) in [7, 11) is 0. The number of carboxylic acids is 1. The van der Waals surface area contributed by atoms with Gasteiger partial charge in [-0.2, -0.15) is 0 Å². The number of hydrogen-bond donors (Lipinski definition) is 2. The molecule has 104 valence electrons. The molecule has 1 atom stereocenters. The van der Waals surface area contributed by atoms with E-state index in [0.29, 0.717) is 17.7 Å². The maximum atomic E-state index is 12.4. The first kappa shape index (κ1) is 15.5. The number of carbonyl (C=O) groups is 2. The number of anilines is 1. The van der Waals surface area contributed by atoms with Gasteiger partial charge in [0.05, 0.1) is 5.56 Å². The molecule has 0 aliphatic rings. The number of nitrogen functional groups attached to an aromatic ring is 1. The topological polar surface area (TPSA) is 83.6 Å². The van der Waals surface area contributed by atoms with Gasteiger partial charge in [-0.25, -0.2) is 0 Å².